The van der Waals surface area contributed by atoms with Gasteiger partial charge in [0.1, 0.15) is 5.75 Å². The van der Waals surface area contributed by atoms with Gasteiger partial charge in [0.15, 0.2) is 24.0 Å². The Kier molecular flexibility index (Phi) is 5.89. The lowest BCUT2D eigenvalue weighted by Crippen LogP contribution is -2.15. The lowest BCUT2D eigenvalue weighted by atomic mass is 10.0. The first-order valence-corrected chi connectivity index (χ1v) is 9.66. The average molecular weight is 433 g/mol. The van der Waals surface area contributed by atoms with Gasteiger partial charge in [0.25, 0.3) is 0 Å². The van der Waals surface area contributed by atoms with Crippen LogP contribution in [0.5, 0.6) is 5.75 Å². The van der Waals surface area contributed by atoms with Crippen molar-refractivity contribution in [2.45, 2.75) is 0 Å². The highest BCUT2D eigenvalue weighted by molar-refractivity contribution is 6.06. The van der Waals surface area contributed by atoms with Crippen LogP contribution in [0.4, 0.5) is 8.78 Å². The lowest BCUT2D eigenvalue weighted by molar-refractivity contribution is 0.0476. The predicted molar refractivity (Wildman–Crippen MR) is 115 cm³/mol. The Morgan fingerprint density at radius 1 is 0.906 bits per heavy atom. The molecule has 7 heteroatoms. The van der Waals surface area contributed by atoms with Crippen molar-refractivity contribution in [1.29, 1.82) is 0 Å². The third-order valence-electron chi connectivity index (χ3n) is 4.90. The number of aromatic nitrogens is 1. The second-order valence-electron chi connectivity index (χ2n) is 6.93. The number of fused-ring (bicyclic) bond motifs is 1. The van der Waals surface area contributed by atoms with E-state index >= 15 is 0 Å². The van der Waals surface area contributed by atoms with E-state index in [1.807, 2.05) is 12.1 Å². The van der Waals surface area contributed by atoms with Crippen LogP contribution in [-0.2, 0) is 4.74 Å². The summed E-state index contributed by atoms with van der Waals surface area (Å²) >= 11 is 0. The van der Waals surface area contributed by atoms with E-state index in [0.717, 1.165) is 23.8 Å². The molecule has 0 bridgehead atoms. The number of nitrogens with zero attached hydrogens (tertiary/aromatic N) is 1. The van der Waals surface area contributed by atoms with Crippen LogP contribution in [0.3, 0.4) is 0 Å². The van der Waals surface area contributed by atoms with Gasteiger partial charge < -0.3 is 9.47 Å². The summed E-state index contributed by atoms with van der Waals surface area (Å²) in [6.45, 7) is -0.613. The van der Waals surface area contributed by atoms with E-state index in [0.29, 0.717) is 22.3 Å². The monoisotopic (exact) mass is 433 g/mol. The fraction of sp³-hybridized carbons (Fsp3) is 0.0800. The molecular weight excluding hydrogens is 416 g/mol. The van der Waals surface area contributed by atoms with Gasteiger partial charge in [-0.15, -0.1) is 0 Å². The number of carbonyl (C=O) groups excluding carboxylic acids is 2. The zero-order valence-corrected chi connectivity index (χ0v) is 17.0. The first-order valence-electron chi connectivity index (χ1n) is 9.66. The lowest BCUT2D eigenvalue weighted by Gasteiger charge is -2.10. The molecule has 1 heterocycles. The largest absolute Gasteiger partial charge is 0.497 e. The number of carbonyl (C=O) groups is 2. The summed E-state index contributed by atoms with van der Waals surface area (Å²) in [7, 11) is 1.57. The Hall–Kier alpha value is -4.13. The molecule has 160 valence electrons. The van der Waals surface area contributed by atoms with Gasteiger partial charge in [-0.25, -0.2) is 18.6 Å². The number of para-hydroxylation sites is 1. The molecular formula is C25H17F2NO4. The summed E-state index contributed by atoms with van der Waals surface area (Å²) in [5, 5.41) is 0.565. The maximum atomic E-state index is 13.4. The molecule has 3 aromatic carbocycles. The molecule has 0 saturated heterocycles. The maximum Gasteiger partial charge on any atom is 0.339 e. The fourth-order valence-electron chi connectivity index (χ4n) is 3.22. The van der Waals surface area contributed by atoms with Crippen molar-refractivity contribution < 1.29 is 27.8 Å². The number of benzene rings is 3. The third-order valence-corrected chi connectivity index (χ3v) is 4.90. The molecule has 32 heavy (non-hydrogen) atoms. The van der Waals surface area contributed by atoms with E-state index in [1.54, 1.807) is 49.6 Å². The SMILES string of the molecule is COc1ccc(-c2cc(C(=O)OCC(=O)c3ccc(F)c(F)c3)c3ccccc3n2)cc1. The molecule has 0 N–H and O–H groups in total. The Bertz CT molecular complexity index is 1320. The molecule has 0 spiro atoms. The number of hydrogen-bond donors (Lipinski definition) is 0. The molecule has 5 nitrogen and oxygen atoms in total. The van der Waals surface area contributed by atoms with Crippen molar-refractivity contribution >= 4 is 22.7 Å². The van der Waals surface area contributed by atoms with Crippen LogP contribution in [0.25, 0.3) is 22.2 Å². The summed E-state index contributed by atoms with van der Waals surface area (Å²) in [5.74, 6) is -2.90. The number of ketones is 1. The van der Waals surface area contributed by atoms with Crippen molar-refractivity contribution in [2.75, 3.05) is 13.7 Å². The quantitative estimate of drug-likeness (QED) is 0.308. The van der Waals surface area contributed by atoms with E-state index in [2.05, 4.69) is 4.98 Å². The van der Waals surface area contributed by atoms with Crippen LogP contribution < -0.4 is 4.74 Å². The maximum absolute atomic E-state index is 13.4. The Morgan fingerprint density at radius 3 is 2.38 bits per heavy atom. The van der Waals surface area contributed by atoms with Crippen LogP contribution in [0.1, 0.15) is 20.7 Å². The first-order chi connectivity index (χ1) is 15.5. The van der Waals surface area contributed by atoms with E-state index in [4.69, 9.17) is 9.47 Å². The van der Waals surface area contributed by atoms with Crippen molar-refractivity contribution in [2.24, 2.45) is 0 Å². The number of pyridine rings is 1. The van der Waals surface area contributed by atoms with E-state index in [9.17, 15) is 18.4 Å². The smallest absolute Gasteiger partial charge is 0.339 e. The van der Waals surface area contributed by atoms with Gasteiger partial charge in [-0.2, -0.15) is 0 Å². The van der Waals surface area contributed by atoms with Crippen LogP contribution in [-0.4, -0.2) is 30.5 Å². The number of rotatable bonds is 6. The van der Waals surface area contributed by atoms with Crippen LogP contribution >= 0.6 is 0 Å². The third kappa shape index (κ3) is 4.32. The molecule has 0 radical (unpaired) electrons. The Morgan fingerprint density at radius 2 is 1.66 bits per heavy atom. The summed E-state index contributed by atoms with van der Waals surface area (Å²) in [4.78, 5) is 29.7. The molecule has 0 amide bonds. The molecule has 1 aromatic heterocycles. The minimum Gasteiger partial charge on any atom is -0.497 e. The number of esters is 1. The van der Waals surface area contributed by atoms with Crippen molar-refractivity contribution in [3.63, 3.8) is 0 Å². The van der Waals surface area contributed by atoms with E-state index < -0.39 is 30.0 Å². The van der Waals surface area contributed by atoms with Gasteiger partial charge in [-0.05, 0) is 54.6 Å². The summed E-state index contributed by atoms with van der Waals surface area (Å²) in [6, 6.07) is 18.6. The summed E-state index contributed by atoms with van der Waals surface area (Å²) in [5.41, 5.74) is 2.04. The van der Waals surface area contributed by atoms with Gasteiger partial charge in [-0.1, -0.05) is 18.2 Å². The van der Waals surface area contributed by atoms with Gasteiger partial charge in [0, 0.05) is 16.5 Å². The van der Waals surface area contributed by atoms with Gasteiger partial charge in [0.05, 0.1) is 23.9 Å². The molecule has 0 atom stereocenters. The minimum absolute atomic E-state index is 0.0878. The summed E-state index contributed by atoms with van der Waals surface area (Å²) in [6.07, 6.45) is 0. The number of halogens is 2. The number of Topliss-reactive ketones (excluding diaryl/α,β-unsaturated/α-hetero) is 1. The topological polar surface area (TPSA) is 65.5 Å². The second kappa shape index (κ2) is 8.93. The number of methoxy groups -OCH3 is 1. The van der Waals surface area contributed by atoms with Crippen LogP contribution in [0, 0.1) is 11.6 Å². The normalized spacial score (nSPS) is 10.7. The molecule has 4 rings (SSSR count). The average Bonchev–Trinajstić information content (AvgIpc) is 2.83. The molecule has 4 aromatic rings. The van der Waals surface area contributed by atoms with Gasteiger partial charge >= 0.3 is 5.97 Å². The minimum atomic E-state index is -1.15. The highest BCUT2D eigenvalue weighted by Crippen LogP contribution is 2.27. The highest BCUT2D eigenvalue weighted by Gasteiger charge is 2.18. The molecule has 0 fully saturated rings. The zero-order chi connectivity index (χ0) is 22.7. The zero-order valence-electron chi connectivity index (χ0n) is 17.0. The van der Waals surface area contributed by atoms with Crippen molar-refractivity contribution in [3.8, 4) is 17.0 Å². The second-order valence-corrected chi connectivity index (χ2v) is 6.93. The molecule has 0 aliphatic carbocycles. The van der Waals surface area contributed by atoms with Crippen molar-refractivity contribution in [3.05, 3.63) is 95.6 Å². The van der Waals surface area contributed by atoms with Crippen LogP contribution in [0.15, 0.2) is 72.8 Å². The highest BCUT2D eigenvalue weighted by atomic mass is 19.2. The molecule has 0 saturated carbocycles. The molecule has 0 aliphatic heterocycles. The van der Waals surface area contributed by atoms with Gasteiger partial charge in [0.2, 0.25) is 0 Å². The Labute approximate surface area is 182 Å². The fourth-order valence-corrected chi connectivity index (χ4v) is 3.22. The number of ether oxygens (including phenoxy) is 2. The number of hydrogen-bond acceptors (Lipinski definition) is 5. The van der Waals surface area contributed by atoms with E-state index in [-0.39, 0.29) is 11.1 Å². The summed E-state index contributed by atoms with van der Waals surface area (Å²) < 4.78 is 36.8. The molecule has 0 unspecified atom stereocenters. The van der Waals surface area contributed by atoms with Gasteiger partial charge in [-0.3, -0.25) is 4.79 Å². The first kappa shape index (κ1) is 21.1. The molecule has 0 aliphatic rings. The van der Waals surface area contributed by atoms with E-state index in [1.165, 1.54) is 0 Å². The standard InChI is InChI=1S/C25H17F2NO4/c1-31-17-9-6-15(7-10-17)23-13-19(18-4-2-3-5-22(18)28-23)25(30)32-14-24(29)16-8-11-20(26)21(27)12-16/h2-13H,14H2,1H3. The van der Waals surface area contributed by atoms with Crippen molar-refractivity contribution in [1.82, 2.24) is 4.98 Å². The predicted octanol–water partition coefficient (Wildman–Crippen LogP) is 5.23. The van der Waals surface area contributed by atoms with Crippen LogP contribution in [0.2, 0.25) is 0 Å². The Balaban J connectivity index is 1.62.